The second kappa shape index (κ2) is 8.22. The highest BCUT2D eigenvalue weighted by molar-refractivity contribution is 6.56. The molecule has 0 saturated carbocycles. The molecular formula is C22H11Cl5O2. The number of benzene rings is 4. The molecule has 0 aliphatic heterocycles. The van der Waals surface area contributed by atoms with Crippen LogP contribution in [0, 0.1) is 0 Å². The summed E-state index contributed by atoms with van der Waals surface area (Å²) in [7, 11) is 0. The fraction of sp³-hybridized carbons (Fsp3) is 0.0455. The zero-order valence-electron chi connectivity index (χ0n) is 14.6. The Hall–Kier alpha value is -1.68. The Morgan fingerprint density at radius 1 is 0.690 bits per heavy atom. The summed E-state index contributed by atoms with van der Waals surface area (Å²) in [6.45, 7) is 0.0191. The Bertz CT molecular complexity index is 1200. The molecule has 0 fully saturated rings. The second-order valence-electron chi connectivity index (χ2n) is 6.32. The van der Waals surface area contributed by atoms with Gasteiger partial charge < -0.3 is 4.74 Å². The van der Waals surface area contributed by atoms with Crippen LogP contribution >= 0.6 is 58.0 Å². The lowest BCUT2D eigenvalue weighted by Gasteiger charge is -2.14. The Labute approximate surface area is 191 Å². The molecule has 0 aromatic heterocycles. The summed E-state index contributed by atoms with van der Waals surface area (Å²) in [5, 5.41) is 3.76. The molecular weight excluding hydrogens is 474 g/mol. The van der Waals surface area contributed by atoms with Gasteiger partial charge in [-0.15, -0.1) is 0 Å². The fourth-order valence-corrected chi connectivity index (χ4v) is 4.55. The van der Waals surface area contributed by atoms with Crippen LogP contribution in [0.15, 0.2) is 54.6 Å². The normalized spacial score (nSPS) is 11.2. The maximum atomic E-state index is 12.8. The largest absolute Gasteiger partial charge is 0.457 e. The molecule has 4 aromatic rings. The molecule has 0 spiro atoms. The van der Waals surface area contributed by atoms with Crippen molar-refractivity contribution in [2.24, 2.45) is 0 Å². The molecule has 4 rings (SSSR count). The van der Waals surface area contributed by atoms with Gasteiger partial charge in [-0.05, 0) is 27.6 Å². The van der Waals surface area contributed by atoms with Gasteiger partial charge in [-0.1, -0.05) is 107 Å². The molecule has 0 N–H and O–H groups in total. The smallest absolute Gasteiger partial charge is 0.341 e. The van der Waals surface area contributed by atoms with E-state index in [-0.39, 0.29) is 37.3 Å². The maximum absolute atomic E-state index is 12.8. The third-order valence-electron chi connectivity index (χ3n) is 4.64. The minimum atomic E-state index is -0.738. The Morgan fingerprint density at radius 2 is 1.14 bits per heavy atom. The quantitative estimate of drug-likeness (QED) is 0.126. The summed E-state index contributed by atoms with van der Waals surface area (Å²) in [5.41, 5.74) is 0.766. The predicted octanol–water partition coefficient (Wildman–Crippen LogP) is 8.62. The van der Waals surface area contributed by atoms with E-state index in [2.05, 4.69) is 6.07 Å². The van der Waals surface area contributed by atoms with Crippen LogP contribution in [0.5, 0.6) is 0 Å². The van der Waals surface area contributed by atoms with Crippen molar-refractivity contribution in [3.05, 3.63) is 90.8 Å². The van der Waals surface area contributed by atoms with Crippen LogP contribution < -0.4 is 0 Å². The first-order valence-electron chi connectivity index (χ1n) is 8.48. The van der Waals surface area contributed by atoms with Gasteiger partial charge in [0.25, 0.3) is 0 Å². The van der Waals surface area contributed by atoms with Crippen LogP contribution in [0.4, 0.5) is 0 Å². The molecule has 0 bridgehead atoms. The van der Waals surface area contributed by atoms with Crippen molar-refractivity contribution in [1.82, 2.24) is 0 Å². The number of carbonyl (C=O) groups excluding carboxylic acids is 1. The number of carbonyl (C=O) groups is 1. The first-order valence-corrected chi connectivity index (χ1v) is 10.4. The highest BCUT2D eigenvalue weighted by Gasteiger charge is 2.25. The summed E-state index contributed by atoms with van der Waals surface area (Å²) < 4.78 is 5.57. The van der Waals surface area contributed by atoms with Gasteiger partial charge in [-0.3, -0.25) is 0 Å². The minimum absolute atomic E-state index is 0.0140. The zero-order chi connectivity index (χ0) is 20.7. The van der Waals surface area contributed by atoms with Crippen molar-refractivity contribution >= 4 is 85.5 Å². The number of hydrogen-bond donors (Lipinski definition) is 0. The Morgan fingerprint density at radius 3 is 1.66 bits per heavy atom. The molecule has 4 aromatic carbocycles. The van der Waals surface area contributed by atoms with Crippen LogP contribution in [0.3, 0.4) is 0 Å². The van der Waals surface area contributed by atoms with Gasteiger partial charge in [-0.2, -0.15) is 0 Å². The predicted molar refractivity (Wildman–Crippen MR) is 122 cm³/mol. The van der Waals surface area contributed by atoms with E-state index in [4.69, 9.17) is 62.7 Å². The highest BCUT2D eigenvalue weighted by atomic mass is 35.5. The minimum Gasteiger partial charge on any atom is -0.457 e. The molecule has 0 amide bonds. The van der Waals surface area contributed by atoms with Gasteiger partial charge in [0.05, 0.1) is 30.7 Å². The first-order chi connectivity index (χ1) is 13.9. The summed E-state index contributed by atoms with van der Waals surface area (Å²) >= 11 is 30.5. The number of fused-ring (bicyclic) bond motifs is 2. The number of rotatable bonds is 3. The van der Waals surface area contributed by atoms with Crippen LogP contribution in [-0.2, 0) is 11.3 Å². The van der Waals surface area contributed by atoms with Crippen molar-refractivity contribution in [3.8, 4) is 0 Å². The molecule has 0 atom stereocenters. The van der Waals surface area contributed by atoms with E-state index < -0.39 is 5.97 Å². The number of halogens is 5. The summed E-state index contributed by atoms with van der Waals surface area (Å²) in [4.78, 5) is 12.8. The van der Waals surface area contributed by atoms with E-state index in [0.717, 1.165) is 27.1 Å². The number of ether oxygens (including phenoxy) is 1. The molecule has 0 heterocycles. The van der Waals surface area contributed by atoms with Gasteiger partial charge in [-0.25, -0.2) is 4.79 Å². The zero-order valence-corrected chi connectivity index (χ0v) is 18.4. The van der Waals surface area contributed by atoms with Crippen molar-refractivity contribution in [2.75, 3.05) is 0 Å². The Balaban J connectivity index is 1.77. The first kappa shape index (κ1) is 20.6. The van der Waals surface area contributed by atoms with Gasteiger partial charge in [0, 0.05) is 5.56 Å². The third kappa shape index (κ3) is 3.65. The van der Waals surface area contributed by atoms with E-state index >= 15 is 0 Å². The van der Waals surface area contributed by atoms with Crippen molar-refractivity contribution in [3.63, 3.8) is 0 Å². The lowest BCUT2D eigenvalue weighted by atomic mass is 9.97. The Kier molecular flexibility index (Phi) is 5.83. The van der Waals surface area contributed by atoms with E-state index in [1.807, 2.05) is 48.5 Å². The van der Waals surface area contributed by atoms with Crippen LogP contribution in [0.2, 0.25) is 25.1 Å². The number of hydrogen-bond acceptors (Lipinski definition) is 2. The van der Waals surface area contributed by atoms with Crippen LogP contribution in [0.1, 0.15) is 15.9 Å². The summed E-state index contributed by atoms with van der Waals surface area (Å²) in [6, 6.07) is 17.9. The molecule has 146 valence electrons. The average molecular weight is 485 g/mol. The van der Waals surface area contributed by atoms with Gasteiger partial charge in [0.15, 0.2) is 0 Å². The summed E-state index contributed by atoms with van der Waals surface area (Å²) in [5.74, 6) is -0.738. The average Bonchev–Trinajstić information content (AvgIpc) is 2.74. The molecule has 0 aliphatic rings. The van der Waals surface area contributed by atoms with Gasteiger partial charge >= 0.3 is 5.97 Å². The van der Waals surface area contributed by atoms with Crippen molar-refractivity contribution in [1.29, 1.82) is 0 Å². The molecule has 0 aliphatic carbocycles. The SMILES string of the molecule is O=C(OCc1c2ccccc2cc2ccccc12)c1c(Cl)c(Cl)c(Cl)c(Cl)c1Cl. The fourth-order valence-electron chi connectivity index (χ4n) is 3.26. The van der Waals surface area contributed by atoms with E-state index in [0.29, 0.717) is 0 Å². The maximum Gasteiger partial charge on any atom is 0.341 e. The number of esters is 1. The highest BCUT2D eigenvalue weighted by Crippen LogP contribution is 2.44. The third-order valence-corrected chi connectivity index (χ3v) is 6.92. The second-order valence-corrected chi connectivity index (χ2v) is 8.21. The van der Waals surface area contributed by atoms with Crippen LogP contribution in [0.25, 0.3) is 21.5 Å². The topological polar surface area (TPSA) is 26.3 Å². The van der Waals surface area contributed by atoms with E-state index in [1.165, 1.54) is 0 Å². The van der Waals surface area contributed by atoms with E-state index in [9.17, 15) is 4.79 Å². The molecule has 2 nitrogen and oxygen atoms in total. The molecule has 7 heteroatoms. The van der Waals surface area contributed by atoms with Gasteiger partial charge in [0.2, 0.25) is 0 Å². The lowest BCUT2D eigenvalue weighted by molar-refractivity contribution is 0.0476. The molecule has 29 heavy (non-hydrogen) atoms. The standard InChI is InChI=1S/C22H11Cl5O2/c23-17-16(18(24)20(26)21(27)19(17)25)22(28)29-10-15-13-7-3-1-5-11(13)9-12-6-2-4-8-14(12)15/h1-9H,10H2. The molecule has 0 unspecified atom stereocenters. The van der Waals surface area contributed by atoms with Crippen molar-refractivity contribution < 1.29 is 9.53 Å². The van der Waals surface area contributed by atoms with Crippen LogP contribution in [-0.4, -0.2) is 5.97 Å². The lowest BCUT2D eigenvalue weighted by Crippen LogP contribution is -2.08. The molecule has 0 saturated heterocycles. The van der Waals surface area contributed by atoms with Gasteiger partial charge in [0.1, 0.15) is 6.61 Å². The summed E-state index contributed by atoms with van der Waals surface area (Å²) in [6.07, 6.45) is 0. The van der Waals surface area contributed by atoms with E-state index in [1.54, 1.807) is 0 Å². The van der Waals surface area contributed by atoms with Crippen molar-refractivity contribution in [2.45, 2.75) is 6.61 Å². The molecule has 0 radical (unpaired) electrons. The monoisotopic (exact) mass is 482 g/mol.